The Morgan fingerprint density at radius 3 is 2.74 bits per heavy atom. The number of fused-ring (bicyclic) bond motifs is 4. The molecule has 8 nitrogen and oxygen atoms in total. The van der Waals surface area contributed by atoms with E-state index >= 15 is 4.39 Å². The van der Waals surface area contributed by atoms with Crippen molar-refractivity contribution in [3.8, 4) is 0 Å². The lowest BCUT2D eigenvalue weighted by Crippen LogP contribution is -2.41. The van der Waals surface area contributed by atoms with Crippen LogP contribution in [0.1, 0.15) is 28.2 Å². The van der Waals surface area contributed by atoms with Crippen molar-refractivity contribution >= 4 is 60.8 Å². The van der Waals surface area contributed by atoms with Crippen LogP contribution in [0.5, 0.6) is 0 Å². The van der Waals surface area contributed by atoms with Gasteiger partial charge in [0.15, 0.2) is 0 Å². The van der Waals surface area contributed by atoms with Gasteiger partial charge < -0.3 is 5.73 Å². The van der Waals surface area contributed by atoms with E-state index in [0.29, 0.717) is 22.8 Å². The summed E-state index contributed by atoms with van der Waals surface area (Å²) in [6, 6.07) is 8.94. The molecule has 1 aliphatic carbocycles. The average molecular weight is 488 g/mol. The zero-order valence-corrected chi connectivity index (χ0v) is 20.1. The number of thiazole rings is 1. The van der Waals surface area contributed by atoms with Gasteiger partial charge in [0.25, 0.3) is 5.91 Å². The van der Waals surface area contributed by atoms with Gasteiger partial charge in [-0.2, -0.15) is 5.10 Å². The number of benzene rings is 2. The minimum Gasteiger partial charge on any atom is -0.383 e. The smallest absolute Gasteiger partial charge is 0.275 e. The minimum absolute atomic E-state index is 0.0176. The van der Waals surface area contributed by atoms with Crippen LogP contribution in [0.2, 0.25) is 0 Å². The van der Waals surface area contributed by atoms with E-state index < -0.39 is 5.82 Å². The summed E-state index contributed by atoms with van der Waals surface area (Å²) in [4.78, 5) is 22.8. The van der Waals surface area contributed by atoms with Crippen LogP contribution < -0.4 is 10.7 Å². The topological polar surface area (TPSA) is 93.2 Å². The van der Waals surface area contributed by atoms with Crippen LogP contribution in [-0.4, -0.2) is 43.8 Å². The molecule has 10 heteroatoms. The van der Waals surface area contributed by atoms with Gasteiger partial charge in [-0.05, 0) is 44.0 Å². The van der Waals surface area contributed by atoms with Gasteiger partial charge in [-0.25, -0.2) is 19.4 Å². The van der Waals surface area contributed by atoms with Gasteiger partial charge in [0.1, 0.15) is 11.6 Å². The third-order valence-electron chi connectivity index (χ3n) is 7.26. The van der Waals surface area contributed by atoms with Gasteiger partial charge in [0.2, 0.25) is 0 Å². The Hall–Kier alpha value is -3.79. The number of anilines is 2. The predicted octanol–water partition coefficient (Wildman–Crippen LogP) is 4.42. The summed E-state index contributed by atoms with van der Waals surface area (Å²) < 4.78 is 18.1. The highest BCUT2D eigenvalue weighted by Crippen LogP contribution is 2.52. The van der Waals surface area contributed by atoms with E-state index in [-0.39, 0.29) is 22.7 Å². The van der Waals surface area contributed by atoms with E-state index in [0.717, 1.165) is 45.8 Å². The first kappa shape index (κ1) is 20.6. The molecule has 2 aromatic carbocycles. The van der Waals surface area contributed by atoms with Crippen LogP contribution in [0.4, 0.5) is 15.9 Å². The fraction of sp³-hybridized carbons (Fsp3) is 0.280. The lowest BCUT2D eigenvalue weighted by atomic mass is 10.1. The van der Waals surface area contributed by atoms with Crippen LogP contribution >= 0.6 is 11.3 Å². The van der Waals surface area contributed by atoms with Crippen molar-refractivity contribution in [1.29, 1.82) is 0 Å². The van der Waals surface area contributed by atoms with Crippen molar-refractivity contribution in [2.45, 2.75) is 19.8 Å². The molecular weight excluding hydrogens is 465 g/mol. The largest absolute Gasteiger partial charge is 0.383 e. The minimum atomic E-state index is -0.610. The SMILES string of the molecule is Cc1nc2ccc(N3CC4(CC4)CN3C(=O)c3cc4c(cc3F)nc(N)c3cnn(C)c34)cc2s1. The summed E-state index contributed by atoms with van der Waals surface area (Å²) in [5.74, 6) is -0.684. The van der Waals surface area contributed by atoms with Crippen molar-refractivity contribution in [2.75, 3.05) is 23.8 Å². The van der Waals surface area contributed by atoms with E-state index in [1.165, 1.54) is 6.07 Å². The molecule has 35 heavy (non-hydrogen) atoms. The number of nitrogen functional groups attached to an aromatic ring is 1. The van der Waals surface area contributed by atoms with E-state index in [2.05, 4.69) is 21.1 Å². The summed E-state index contributed by atoms with van der Waals surface area (Å²) in [5, 5.41) is 10.3. The Balaban J connectivity index is 1.35. The van der Waals surface area contributed by atoms with Crippen molar-refractivity contribution in [3.63, 3.8) is 0 Å². The number of nitrogens with zero attached hydrogens (tertiary/aromatic N) is 6. The maximum absolute atomic E-state index is 15.4. The molecule has 1 saturated carbocycles. The summed E-state index contributed by atoms with van der Waals surface area (Å²) in [6.45, 7) is 3.30. The highest BCUT2D eigenvalue weighted by Gasteiger charge is 2.53. The third-order valence-corrected chi connectivity index (χ3v) is 8.19. The van der Waals surface area contributed by atoms with Crippen molar-refractivity contribution < 1.29 is 9.18 Å². The Morgan fingerprint density at radius 1 is 1.11 bits per heavy atom. The van der Waals surface area contributed by atoms with Crippen LogP contribution in [0.15, 0.2) is 36.5 Å². The second-order valence-corrected chi connectivity index (χ2v) is 10.9. The molecule has 176 valence electrons. The zero-order chi connectivity index (χ0) is 24.1. The Labute approximate surface area is 203 Å². The number of amides is 1. The predicted molar refractivity (Wildman–Crippen MR) is 135 cm³/mol. The van der Waals surface area contributed by atoms with Crippen LogP contribution in [0.3, 0.4) is 0 Å². The molecule has 2 fully saturated rings. The normalized spacial score (nSPS) is 16.9. The molecule has 3 aromatic heterocycles. The van der Waals surface area contributed by atoms with Crippen LogP contribution in [0, 0.1) is 18.2 Å². The highest BCUT2D eigenvalue weighted by atomic mass is 32.1. The molecule has 2 N–H and O–H groups in total. The van der Waals surface area contributed by atoms with E-state index in [1.807, 2.05) is 24.1 Å². The second kappa shape index (κ2) is 6.88. The number of hydrazine groups is 1. The van der Waals surface area contributed by atoms with Crippen molar-refractivity contribution in [3.05, 3.63) is 52.9 Å². The number of rotatable bonds is 2. The quantitative estimate of drug-likeness (QED) is 0.396. The highest BCUT2D eigenvalue weighted by molar-refractivity contribution is 7.18. The molecule has 1 saturated heterocycles. The molecule has 2 aliphatic rings. The first-order chi connectivity index (χ1) is 16.8. The standard InChI is InChI=1S/C25H22FN7OS/c1-13-29-19-4-3-14(7-21(19)35-13)32-11-25(5-6-25)12-33(32)24(34)15-8-16-20(9-18(15)26)30-23(27)17-10-28-31(2)22(16)17/h3-4,7-10H,5-6,11-12H2,1-2H3,(H2,27,30). The maximum Gasteiger partial charge on any atom is 0.275 e. The van der Waals surface area contributed by atoms with Crippen LogP contribution in [0.25, 0.3) is 32.0 Å². The van der Waals surface area contributed by atoms with Gasteiger partial charge in [-0.1, -0.05) is 0 Å². The number of aryl methyl sites for hydroxylation is 2. The van der Waals surface area contributed by atoms with Crippen LogP contribution in [-0.2, 0) is 7.05 Å². The maximum atomic E-state index is 15.4. The molecule has 7 rings (SSSR count). The summed E-state index contributed by atoms with van der Waals surface area (Å²) in [5.41, 5.74) is 9.16. The third kappa shape index (κ3) is 3.02. The Morgan fingerprint density at radius 2 is 1.94 bits per heavy atom. The van der Waals surface area contributed by atoms with E-state index in [4.69, 9.17) is 5.73 Å². The number of nitrogens with two attached hydrogens (primary N) is 1. The Kier molecular flexibility index (Phi) is 4.04. The van der Waals surface area contributed by atoms with Gasteiger partial charge in [0.05, 0.1) is 55.6 Å². The Bertz CT molecular complexity index is 1700. The van der Waals surface area contributed by atoms with E-state index in [1.54, 1.807) is 40.3 Å². The average Bonchev–Trinajstić information content (AvgIpc) is 3.12. The van der Waals surface area contributed by atoms with Crippen molar-refractivity contribution in [2.24, 2.45) is 12.5 Å². The molecule has 5 aromatic rings. The second-order valence-electron chi connectivity index (χ2n) is 9.68. The van der Waals surface area contributed by atoms with Gasteiger partial charge in [-0.15, -0.1) is 11.3 Å². The number of halogens is 1. The molecule has 1 spiro atoms. The fourth-order valence-corrected chi connectivity index (χ4v) is 6.09. The van der Waals surface area contributed by atoms with Gasteiger partial charge >= 0.3 is 0 Å². The number of aromatic nitrogens is 4. The number of hydrogen-bond acceptors (Lipinski definition) is 7. The number of carbonyl (C=O) groups excluding carboxylic acids is 1. The molecule has 0 bridgehead atoms. The molecule has 0 radical (unpaired) electrons. The molecule has 1 aliphatic heterocycles. The lowest BCUT2D eigenvalue weighted by molar-refractivity contribution is 0.0764. The lowest BCUT2D eigenvalue weighted by Gasteiger charge is -2.30. The summed E-state index contributed by atoms with van der Waals surface area (Å²) in [7, 11) is 1.79. The fourth-order valence-electron chi connectivity index (χ4n) is 5.23. The molecule has 1 amide bonds. The first-order valence-corrected chi connectivity index (χ1v) is 12.3. The molecule has 4 heterocycles. The summed E-state index contributed by atoms with van der Waals surface area (Å²) >= 11 is 1.63. The van der Waals surface area contributed by atoms with Gasteiger partial charge in [0, 0.05) is 30.5 Å². The van der Waals surface area contributed by atoms with E-state index in [9.17, 15) is 4.79 Å². The summed E-state index contributed by atoms with van der Waals surface area (Å²) in [6.07, 6.45) is 3.76. The molecule has 0 unspecified atom stereocenters. The number of pyridine rings is 1. The number of carbonyl (C=O) groups is 1. The van der Waals surface area contributed by atoms with Crippen molar-refractivity contribution in [1.82, 2.24) is 24.8 Å². The molecular formula is C25H22FN7OS. The molecule has 0 atom stereocenters. The number of hydrogen-bond donors (Lipinski definition) is 1. The zero-order valence-electron chi connectivity index (χ0n) is 19.2. The van der Waals surface area contributed by atoms with Gasteiger partial charge in [-0.3, -0.25) is 14.5 Å². The first-order valence-electron chi connectivity index (χ1n) is 11.5. The monoisotopic (exact) mass is 487 g/mol.